The van der Waals surface area contributed by atoms with Crippen LogP contribution in [0.25, 0.3) is 0 Å². The molecule has 36 heavy (non-hydrogen) atoms. The molecule has 2 aliphatic rings. The topological polar surface area (TPSA) is 95.9 Å². The van der Waals surface area contributed by atoms with Crippen LogP contribution in [-0.4, -0.2) is 60.2 Å². The molecule has 3 atom stereocenters. The molecule has 1 heterocycles. The first-order valence-electron chi connectivity index (χ1n) is 11.6. The summed E-state index contributed by atoms with van der Waals surface area (Å²) in [6, 6.07) is 6.38. The Bertz CT molecular complexity index is 1210. The Balaban J connectivity index is 1.65. The number of halogens is 2. The molecule has 0 radical (unpaired) electrons. The molecular weight excluding hydrogens is 490 g/mol. The number of methoxy groups -OCH3 is 1. The number of fused-ring (bicyclic) bond motifs is 1. The summed E-state index contributed by atoms with van der Waals surface area (Å²) in [7, 11) is -0.148. The van der Waals surface area contributed by atoms with Crippen LogP contribution >= 0.6 is 10.0 Å². The average Bonchev–Trinajstić information content (AvgIpc) is 3.54. The molecule has 0 bridgehead atoms. The summed E-state index contributed by atoms with van der Waals surface area (Å²) in [4.78, 5) is 39.4. The minimum Gasteiger partial charge on any atom is -0.497 e. The van der Waals surface area contributed by atoms with Gasteiger partial charge in [0, 0.05) is 24.6 Å². The highest BCUT2D eigenvalue weighted by Gasteiger charge is 2.49. The lowest BCUT2D eigenvalue weighted by atomic mass is 9.91. The highest BCUT2D eigenvalue weighted by Crippen LogP contribution is 2.49. The third-order valence-corrected chi connectivity index (χ3v) is 8.28. The molecule has 194 valence electrons. The third kappa shape index (κ3) is 5.18. The van der Waals surface area contributed by atoms with Crippen LogP contribution in [0.2, 0.25) is 0 Å². The first-order chi connectivity index (χ1) is 16.9. The van der Waals surface area contributed by atoms with Crippen LogP contribution in [0.4, 0.5) is 14.5 Å². The lowest BCUT2D eigenvalue weighted by Gasteiger charge is -2.37. The maximum absolute atomic E-state index is 14.8. The highest BCUT2D eigenvalue weighted by atomic mass is 32.3. The number of carbonyl (C=O) groups excluding carboxylic acids is 2. The summed E-state index contributed by atoms with van der Waals surface area (Å²) in [5, 5.41) is 11.7. The molecule has 2 N–H and O–H groups in total. The Morgan fingerprint density at radius 2 is 1.81 bits per heavy atom. The van der Waals surface area contributed by atoms with Crippen molar-refractivity contribution in [2.75, 3.05) is 37.7 Å². The zero-order valence-electron chi connectivity index (χ0n) is 20.6. The molecule has 0 saturated heterocycles. The van der Waals surface area contributed by atoms with E-state index in [1.54, 1.807) is 30.9 Å². The molecule has 0 aromatic heterocycles. The van der Waals surface area contributed by atoms with Crippen molar-refractivity contribution in [1.82, 2.24) is 4.90 Å². The van der Waals surface area contributed by atoms with Crippen LogP contribution in [0.15, 0.2) is 35.2 Å². The number of carboxylic acid groups (broad SMARTS) is 1. The Morgan fingerprint density at radius 3 is 2.39 bits per heavy atom. The first kappa shape index (κ1) is 25.9. The van der Waals surface area contributed by atoms with Gasteiger partial charge >= 0.3 is 5.97 Å². The minimum atomic E-state index is -1.68. The summed E-state index contributed by atoms with van der Waals surface area (Å²) < 4.78 is 34.9. The van der Waals surface area contributed by atoms with E-state index in [4.69, 9.17) is 9.84 Å². The molecule has 0 spiro atoms. The van der Waals surface area contributed by atoms with Gasteiger partial charge in [-0.25, -0.2) is 18.8 Å². The number of ether oxygens (including phenoxy) is 1. The average molecular weight is 521 g/mol. The largest absolute Gasteiger partial charge is 0.497 e. The Morgan fingerprint density at radius 1 is 1.14 bits per heavy atom. The molecule has 1 saturated carbocycles. The number of benzene rings is 2. The van der Waals surface area contributed by atoms with Crippen LogP contribution in [0, 0.1) is 23.5 Å². The van der Waals surface area contributed by atoms with Gasteiger partial charge in [0.15, 0.2) is 0 Å². The van der Waals surface area contributed by atoms with Gasteiger partial charge in [-0.3, -0.25) is 14.4 Å². The second-order valence-corrected chi connectivity index (χ2v) is 14.1. The Hall–Kier alpha value is -3.14. The van der Waals surface area contributed by atoms with Crippen LogP contribution in [0.3, 0.4) is 0 Å². The number of hydrogen-bond donors (Lipinski definition) is 2. The number of carboxylic acids is 1. The van der Waals surface area contributed by atoms with E-state index in [1.165, 1.54) is 12.0 Å². The number of aliphatic carboxylic acids is 1. The van der Waals surface area contributed by atoms with Crippen molar-refractivity contribution >= 4 is 33.5 Å². The second-order valence-electron chi connectivity index (χ2n) is 10.0. The molecule has 7 nitrogen and oxygen atoms in total. The van der Waals surface area contributed by atoms with Crippen molar-refractivity contribution in [3.05, 3.63) is 53.1 Å². The van der Waals surface area contributed by atoms with Crippen molar-refractivity contribution in [3.63, 3.8) is 0 Å². The van der Waals surface area contributed by atoms with Crippen LogP contribution < -0.4 is 10.1 Å². The van der Waals surface area contributed by atoms with Crippen molar-refractivity contribution in [2.45, 2.75) is 30.2 Å². The van der Waals surface area contributed by atoms with E-state index in [2.05, 4.69) is 5.32 Å². The zero-order chi connectivity index (χ0) is 26.4. The van der Waals surface area contributed by atoms with E-state index < -0.39 is 45.5 Å². The quantitative estimate of drug-likeness (QED) is 0.571. The number of nitrogens with zero attached hydrogens (tertiary/aromatic N) is 1. The summed E-state index contributed by atoms with van der Waals surface area (Å²) in [5.41, 5.74) is 1.39. The van der Waals surface area contributed by atoms with Gasteiger partial charge < -0.3 is 20.1 Å². The number of amides is 2. The summed E-state index contributed by atoms with van der Waals surface area (Å²) in [6.45, 7) is 0.252. The summed E-state index contributed by atoms with van der Waals surface area (Å²) in [5.74, 6) is -3.42. The number of nitrogens with one attached hydrogen (secondary N) is 1. The van der Waals surface area contributed by atoms with Crippen molar-refractivity contribution < 1.29 is 33.0 Å². The highest BCUT2D eigenvalue weighted by molar-refractivity contribution is 8.32. The lowest BCUT2D eigenvalue weighted by molar-refractivity contribution is -0.141. The van der Waals surface area contributed by atoms with Gasteiger partial charge in [0.05, 0.1) is 12.0 Å². The molecule has 1 fully saturated rings. The third-order valence-electron chi connectivity index (χ3n) is 6.66. The predicted octanol–water partition coefficient (Wildman–Crippen LogP) is 4.20. The minimum absolute atomic E-state index is 0.00520. The SMILES string of the molecule is COc1ccc2c(c1)CCN(C(=O)[C@@H]1C[C@H]1CC(=O)O)[C@H]2C(=O)Nc1cc(F)c(S(C)(C)C)c(F)c1. The van der Waals surface area contributed by atoms with Gasteiger partial charge in [0.2, 0.25) is 5.91 Å². The summed E-state index contributed by atoms with van der Waals surface area (Å²) in [6.07, 6.45) is 6.18. The van der Waals surface area contributed by atoms with E-state index in [1.807, 2.05) is 6.07 Å². The Labute approximate surface area is 210 Å². The van der Waals surface area contributed by atoms with Crippen molar-refractivity contribution in [3.8, 4) is 5.75 Å². The molecule has 10 heteroatoms. The van der Waals surface area contributed by atoms with Crippen molar-refractivity contribution in [1.29, 1.82) is 0 Å². The molecule has 2 amide bonds. The second kappa shape index (κ2) is 9.72. The first-order valence-corrected chi connectivity index (χ1v) is 14.4. The monoisotopic (exact) mass is 520 g/mol. The lowest BCUT2D eigenvalue weighted by Crippen LogP contribution is -2.46. The number of carbonyl (C=O) groups is 3. The van der Waals surface area contributed by atoms with Gasteiger partial charge in [0.25, 0.3) is 5.91 Å². The maximum Gasteiger partial charge on any atom is 0.303 e. The number of anilines is 1. The van der Waals surface area contributed by atoms with Crippen LogP contribution in [0.1, 0.15) is 30.0 Å². The molecule has 0 unspecified atom stereocenters. The fourth-order valence-electron chi connectivity index (χ4n) is 4.89. The number of rotatable bonds is 7. The van der Waals surface area contributed by atoms with Gasteiger partial charge in [-0.1, -0.05) is 6.07 Å². The predicted molar refractivity (Wildman–Crippen MR) is 134 cm³/mol. The van der Waals surface area contributed by atoms with Crippen LogP contribution in [0.5, 0.6) is 5.75 Å². The van der Waals surface area contributed by atoms with Gasteiger partial charge in [-0.2, -0.15) is 0 Å². The maximum atomic E-state index is 14.8. The Kier molecular flexibility index (Phi) is 7.01. The van der Waals surface area contributed by atoms with E-state index in [9.17, 15) is 23.2 Å². The molecule has 4 rings (SSSR count). The number of hydrogen-bond acceptors (Lipinski definition) is 4. The van der Waals surface area contributed by atoms with Gasteiger partial charge in [-0.15, -0.1) is 0 Å². The van der Waals surface area contributed by atoms with Gasteiger partial charge in [0.1, 0.15) is 23.4 Å². The fourth-order valence-corrected chi connectivity index (χ4v) is 6.18. The van der Waals surface area contributed by atoms with E-state index >= 15 is 0 Å². The van der Waals surface area contributed by atoms with E-state index in [0.29, 0.717) is 24.2 Å². The zero-order valence-corrected chi connectivity index (χ0v) is 21.5. The van der Waals surface area contributed by atoms with E-state index in [0.717, 1.165) is 17.7 Å². The molecule has 1 aliphatic carbocycles. The van der Waals surface area contributed by atoms with Gasteiger partial charge in [-0.05, 0) is 72.9 Å². The van der Waals surface area contributed by atoms with E-state index in [-0.39, 0.29) is 35.4 Å². The smallest absolute Gasteiger partial charge is 0.303 e. The normalized spacial score (nSPS) is 21.4. The summed E-state index contributed by atoms with van der Waals surface area (Å²) >= 11 is 0. The molecule has 1 aliphatic heterocycles. The standard InChI is InChI=1S/C26H30F2N2O5S/c1-35-17-5-6-18-14(9-17)7-8-30(26(34)19-10-15(19)11-22(31)32)23(18)25(33)29-16-12-20(27)24(21(28)13-16)36(2,3)4/h5-6,9,12-13,15,19,23H,7-8,10-11H2,1-4H3,(H,29,33)(H,31,32)/t15-,19+,23+/m0/s1. The van der Waals surface area contributed by atoms with Crippen molar-refractivity contribution in [2.24, 2.45) is 11.8 Å². The fraction of sp³-hybridized carbons (Fsp3) is 0.423. The molecular formula is C26H30F2N2O5S. The van der Waals surface area contributed by atoms with Crippen LogP contribution in [-0.2, 0) is 20.8 Å². The molecule has 2 aromatic carbocycles. The molecule has 2 aromatic rings.